The van der Waals surface area contributed by atoms with Gasteiger partial charge >= 0.3 is 6.03 Å². The highest BCUT2D eigenvalue weighted by molar-refractivity contribution is 6.30. The molecule has 0 radical (unpaired) electrons. The quantitative estimate of drug-likeness (QED) is 0.440. The molecule has 31 heavy (non-hydrogen) atoms. The number of carbonyl (C=O) groups is 1. The van der Waals surface area contributed by atoms with E-state index in [1.807, 2.05) is 24.5 Å². The molecule has 0 unspecified atom stereocenters. The van der Waals surface area contributed by atoms with Crippen molar-refractivity contribution in [2.75, 3.05) is 10.6 Å². The molecule has 0 saturated carbocycles. The van der Waals surface area contributed by atoms with Gasteiger partial charge in [0.1, 0.15) is 12.1 Å². The van der Waals surface area contributed by atoms with Crippen LogP contribution in [0.15, 0.2) is 67.0 Å². The molecule has 2 N–H and O–H groups in total. The van der Waals surface area contributed by atoms with Crippen molar-refractivity contribution in [1.29, 1.82) is 0 Å². The molecule has 8 nitrogen and oxygen atoms in total. The molecule has 0 atom stereocenters. The molecule has 4 rings (SSSR count). The SMILES string of the molecule is Cc1ncn(-c2ccc(Oc3ccc(NC(=O)Nc4ccc(Cl)cc4)cc3)nn2)c1C. The summed E-state index contributed by atoms with van der Waals surface area (Å²) < 4.78 is 7.59. The fraction of sp³-hybridized carbons (Fsp3) is 0.0909. The molecule has 0 fully saturated rings. The number of hydrogen-bond acceptors (Lipinski definition) is 5. The second-order valence-corrected chi connectivity index (χ2v) is 7.16. The fourth-order valence-electron chi connectivity index (χ4n) is 2.78. The molecular weight excluding hydrogens is 416 g/mol. The van der Waals surface area contributed by atoms with Crippen LogP contribution in [0, 0.1) is 13.8 Å². The number of nitrogens with zero attached hydrogens (tertiary/aromatic N) is 4. The Balaban J connectivity index is 1.35. The predicted molar refractivity (Wildman–Crippen MR) is 119 cm³/mol. The van der Waals surface area contributed by atoms with Gasteiger partial charge in [-0.15, -0.1) is 10.2 Å². The Morgan fingerprint density at radius 1 is 0.903 bits per heavy atom. The summed E-state index contributed by atoms with van der Waals surface area (Å²) in [6.45, 7) is 3.91. The summed E-state index contributed by atoms with van der Waals surface area (Å²) in [5.74, 6) is 1.59. The molecular formula is C22H19ClN6O2. The van der Waals surface area contributed by atoms with Crippen LogP contribution in [0.2, 0.25) is 5.02 Å². The lowest BCUT2D eigenvalue weighted by Gasteiger charge is -2.09. The minimum atomic E-state index is -0.359. The maximum Gasteiger partial charge on any atom is 0.323 e. The first kappa shape index (κ1) is 20.4. The molecule has 2 aromatic carbocycles. The van der Waals surface area contributed by atoms with Crippen LogP contribution in [-0.2, 0) is 0 Å². The van der Waals surface area contributed by atoms with E-state index in [0.717, 1.165) is 11.4 Å². The van der Waals surface area contributed by atoms with Crippen LogP contribution >= 0.6 is 11.6 Å². The van der Waals surface area contributed by atoms with E-state index in [-0.39, 0.29) is 6.03 Å². The maximum atomic E-state index is 12.1. The van der Waals surface area contributed by atoms with Gasteiger partial charge < -0.3 is 15.4 Å². The van der Waals surface area contributed by atoms with Crippen molar-refractivity contribution in [3.8, 4) is 17.4 Å². The number of halogens is 1. The first-order valence-corrected chi connectivity index (χ1v) is 9.82. The van der Waals surface area contributed by atoms with Crippen molar-refractivity contribution in [3.05, 3.63) is 83.4 Å². The number of urea groups is 1. The Morgan fingerprint density at radius 2 is 1.55 bits per heavy atom. The molecule has 0 bridgehead atoms. The number of imidazole rings is 1. The smallest absolute Gasteiger partial charge is 0.323 e. The Bertz CT molecular complexity index is 1190. The van der Waals surface area contributed by atoms with E-state index < -0.39 is 0 Å². The standard InChI is InChI=1S/C22H19ClN6O2/c1-14-15(2)29(13-24-14)20-11-12-21(28-27-20)31-19-9-7-18(8-10-19)26-22(30)25-17-5-3-16(23)4-6-17/h3-13H,1-2H3,(H2,25,26,30). The summed E-state index contributed by atoms with van der Waals surface area (Å²) in [6.07, 6.45) is 1.71. The molecule has 156 valence electrons. The van der Waals surface area contributed by atoms with Crippen LogP contribution in [0.5, 0.6) is 11.6 Å². The number of aromatic nitrogens is 4. The highest BCUT2D eigenvalue weighted by atomic mass is 35.5. The summed E-state index contributed by atoms with van der Waals surface area (Å²) in [6, 6.07) is 17.0. The van der Waals surface area contributed by atoms with Gasteiger partial charge in [-0.1, -0.05) is 11.6 Å². The van der Waals surface area contributed by atoms with Crippen LogP contribution in [0.4, 0.5) is 16.2 Å². The number of anilines is 2. The number of rotatable bonds is 5. The predicted octanol–water partition coefficient (Wildman–Crippen LogP) is 5.37. The zero-order chi connectivity index (χ0) is 21.8. The van der Waals surface area contributed by atoms with E-state index in [1.165, 1.54) is 0 Å². The number of amides is 2. The van der Waals surface area contributed by atoms with Crippen molar-refractivity contribution >= 4 is 29.0 Å². The maximum absolute atomic E-state index is 12.1. The second-order valence-electron chi connectivity index (χ2n) is 6.73. The van der Waals surface area contributed by atoms with Crippen molar-refractivity contribution in [2.45, 2.75) is 13.8 Å². The minimum Gasteiger partial charge on any atom is -0.438 e. The van der Waals surface area contributed by atoms with Gasteiger partial charge in [0, 0.05) is 28.2 Å². The van der Waals surface area contributed by atoms with Crippen LogP contribution in [0.25, 0.3) is 5.82 Å². The lowest BCUT2D eigenvalue weighted by molar-refractivity contribution is 0.262. The summed E-state index contributed by atoms with van der Waals surface area (Å²) in [5.41, 5.74) is 3.21. The lowest BCUT2D eigenvalue weighted by atomic mass is 10.3. The number of hydrogen-bond donors (Lipinski definition) is 2. The van der Waals surface area contributed by atoms with Gasteiger partial charge in [0.15, 0.2) is 5.82 Å². The van der Waals surface area contributed by atoms with Gasteiger partial charge in [-0.2, -0.15) is 0 Å². The van der Waals surface area contributed by atoms with Gasteiger partial charge in [0.2, 0.25) is 5.88 Å². The van der Waals surface area contributed by atoms with Crippen molar-refractivity contribution in [2.24, 2.45) is 0 Å². The first-order chi connectivity index (χ1) is 15.0. The number of nitrogens with one attached hydrogen (secondary N) is 2. The van der Waals surface area contributed by atoms with Gasteiger partial charge in [-0.05, 0) is 68.4 Å². The number of aryl methyl sites for hydroxylation is 1. The zero-order valence-corrected chi connectivity index (χ0v) is 17.6. The van der Waals surface area contributed by atoms with Gasteiger partial charge in [0.25, 0.3) is 0 Å². The topological polar surface area (TPSA) is 94.0 Å². The Morgan fingerprint density at radius 3 is 2.10 bits per heavy atom. The normalized spacial score (nSPS) is 10.5. The van der Waals surface area contributed by atoms with Crippen molar-refractivity contribution < 1.29 is 9.53 Å². The molecule has 4 aromatic rings. The highest BCUT2D eigenvalue weighted by Gasteiger charge is 2.08. The zero-order valence-electron chi connectivity index (χ0n) is 16.8. The lowest BCUT2D eigenvalue weighted by Crippen LogP contribution is -2.19. The molecule has 0 aliphatic rings. The van der Waals surface area contributed by atoms with Crippen LogP contribution < -0.4 is 15.4 Å². The molecule has 0 aliphatic carbocycles. The number of carbonyl (C=O) groups excluding carboxylic acids is 1. The molecule has 0 aliphatic heterocycles. The summed E-state index contributed by atoms with van der Waals surface area (Å²) in [5, 5.41) is 14.4. The molecule has 2 amide bonds. The van der Waals surface area contributed by atoms with E-state index in [9.17, 15) is 4.79 Å². The van der Waals surface area contributed by atoms with Crippen molar-refractivity contribution in [3.63, 3.8) is 0 Å². The summed E-state index contributed by atoms with van der Waals surface area (Å²) in [4.78, 5) is 16.4. The summed E-state index contributed by atoms with van der Waals surface area (Å²) >= 11 is 5.84. The van der Waals surface area contributed by atoms with Crippen LogP contribution in [0.1, 0.15) is 11.4 Å². The van der Waals surface area contributed by atoms with Crippen molar-refractivity contribution in [1.82, 2.24) is 19.7 Å². The Hall–Kier alpha value is -3.91. The van der Waals surface area contributed by atoms with E-state index >= 15 is 0 Å². The Labute approximate surface area is 183 Å². The molecule has 0 saturated heterocycles. The molecule has 2 aromatic heterocycles. The van der Waals surface area contributed by atoms with E-state index in [2.05, 4.69) is 25.8 Å². The molecule has 2 heterocycles. The Kier molecular flexibility index (Phi) is 5.81. The van der Waals surface area contributed by atoms with Gasteiger partial charge in [-0.25, -0.2) is 9.78 Å². The molecule has 9 heteroatoms. The fourth-order valence-corrected chi connectivity index (χ4v) is 2.91. The third-order valence-electron chi connectivity index (χ3n) is 4.56. The monoisotopic (exact) mass is 434 g/mol. The van der Waals surface area contributed by atoms with Gasteiger partial charge in [-0.3, -0.25) is 4.57 Å². The van der Waals surface area contributed by atoms with E-state index in [1.54, 1.807) is 60.9 Å². The summed E-state index contributed by atoms with van der Waals surface area (Å²) in [7, 11) is 0. The van der Waals surface area contributed by atoms with Gasteiger partial charge in [0.05, 0.1) is 5.69 Å². The third kappa shape index (κ3) is 4.99. The minimum absolute atomic E-state index is 0.359. The van der Waals surface area contributed by atoms with Crippen LogP contribution in [-0.4, -0.2) is 25.8 Å². The highest BCUT2D eigenvalue weighted by Crippen LogP contribution is 2.22. The van der Waals surface area contributed by atoms with E-state index in [0.29, 0.717) is 33.8 Å². The third-order valence-corrected chi connectivity index (χ3v) is 4.81. The second kappa shape index (κ2) is 8.85. The van der Waals surface area contributed by atoms with E-state index in [4.69, 9.17) is 16.3 Å². The average Bonchev–Trinajstić information content (AvgIpc) is 3.10. The molecule has 0 spiro atoms. The first-order valence-electron chi connectivity index (χ1n) is 9.44. The largest absolute Gasteiger partial charge is 0.438 e. The number of ether oxygens (including phenoxy) is 1. The average molecular weight is 435 g/mol. The van der Waals surface area contributed by atoms with Crippen LogP contribution in [0.3, 0.4) is 0 Å². The number of benzene rings is 2.